The predicted molar refractivity (Wildman–Crippen MR) is 44.3 cm³/mol. The Bertz CT molecular complexity index is 185. The molecule has 0 radical (unpaired) electrons. The largest absolute Gasteiger partial charge is 0.398 e. The maximum absolute atomic E-state index is 5.58. The molecule has 2 nitrogen and oxygen atoms in total. The van der Waals surface area contributed by atoms with Crippen molar-refractivity contribution < 1.29 is 0 Å². The van der Waals surface area contributed by atoms with Crippen LogP contribution < -0.4 is 11.5 Å². The van der Waals surface area contributed by atoms with Gasteiger partial charge in [0.15, 0.2) is 8.67 Å². The molecule has 0 saturated heterocycles. The molecule has 1 rings (SSSR count). The number of halogens is 4. The molecule has 0 atom stereocenters. The fraction of sp³-hybridized carbons (Fsp3) is 0.500. The van der Waals surface area contributed by atoms with Crippen molar-refractivity contribution in [2.45, 2.75) is 8.67 Å². The normalized spacial score (nSPS) is 28.0. The topological polar surface area (TPSA) is 52.0 Å². The van der Waals surface area contributed by atoms with Gasteiger partial charge in [-0.1, -0.05) is 46.4 Å². The molecule has 0 aromatic carbocycles. The van der Waals surface area contributed by atoms with Gasteiger partial charge in [0, 0.05) is 0 Å². The Morgan fingerprint density at radius 3 is 1.10 bits per heavy atom. The molecule has 4 N–H and O–H groups in total. The maximum Gasteiger partial charge on any atom is 0.197 e. The van der Waals surface area contributed by atoms with Crippen LogP contribution in [0, 0.1) is 0 Å². The van der Waals surface area contributed by atoms with Crippen LogP contribution in [-0.4, -0.2) is 8.67 Å². The Balaban J connectivity index is 3.10. The highest BCUT2D eigenvalue weighted by atomic mass is 35.5. The van der Waals surface area contributed by atoms with E-state index < -0.39 is 8.67 Å². The van der Waals surface area contributed by atoms with Crippen molar-refractivity contribution in [2.24, 2.45) is 11.5 Å². The van der Waals surface area contributed by atoms with Crippen molar-refractivity contribution in [3.63, 3.8) is 0 Å². The van der Waals surface area contributed by atoms with Gasteiger partial charge >= 0.3 is 0 Å². The second kappa shape index (κ2) is 2.01. The highest BCUT2D eigenvalue weighted by Crippen LogP contribution is 2.57. The minimum absolute atomic E-state index is 0.126. The number of allylic oxidation sites excluding steroid dienone is 2. The fourth-order valence-electron chi connectivity index (χ4n) is 0.614. The van der Waals surface area contributed by atoms with Gasteiger partial charge in [0.25, 0.3) is 0 Å². The summed E-state index contributed by atoms with van der Waals surface area (Å²) in [5, 5.41) is 0. The van der Waals surface area contributed by atoms with E-state index in [0.29, 0.717) is 0 Å². The Labute approximate surface area is 78.0 Å². The van der Waals surface area contributed by atoms with Crippen molar-refractivity contribution in [2.75, 3.05) is 0 Å². The molecule has 0 heterocycles. The van der Waals surface area contributed by atoms with Crippen LogP contribution in [0.25, 0.3) is 0 Å². The maximum atomic E-state index is 5.58. The monoisotopic (exact) mass is 220 g/mol. The molecule has 0 fully saturated rings. The molecule has 0 amide bonds. The van der Waals surface area contributed by atoms with Crippen molar-refractivity contribution >= 4 is 46.4 Å². The third kappa shape index (κ3) is 0.735. The van der Waals surface area contributed by atoms with E-state index in [1.165, 1.54) is 0 Å². The third-order valence-corrected chi connectivity index (χ3v) is 3.70. The number of rotatable bonds is 0. The van der Waals surface area contributed by atoms with Gasteiger partial charge in [0.1, 0.15) is 0 Å². The molecule has 1 aliphatic carbocycles. The Hall–Kier alpha value is 0.500. The average molecular weight is 222 g/mol. The van der Waals surface area contributed by atoms with Crippen LogP contribution in [0.3, 0.4) is 0 Å². The standard InChI is InChI=1S/C4H4Cl4N2/c5-3(6)1(9)2(10)4(3,7)8/h9-10H2. The van der Waals surface area contributed by atoms with Crippen LogP contribution in [0.2, 0.25) is 0 Å². The van der Waals surface area contributed by atoms with Crippen LogP contribution in [0.5, 0.6) is 0 Å². The quantitative estimate of drug-likeness (QED) is 0.609. The summed E-state index contributed by atoms with van der Waals surface area (Å²) >= 11 is 22.3. The van der Waals surface area contributed by atoms with Gasteiger partial charge < -0.3 is 11.5 Å². The zero-order valence-corrected chi connectivity index (χ0v) is 7.69. The first-order chi connectivity index (χ1) is 4.32. The second-order valence-electron chi connectivity index (χ2n) is 1.98. The summed E-state index contributed by atoms with van der Waals surface area (Å²) in [4.78, 5) is 0. The molecule has 0 saturated carbocycles. The summed E-state index contributed by atoms with van der Waals surface area (Å²) in [5.74, 6) is 0. The first-order valence-electron chi connectivity index (χ1n) is 2.33. The van der Waals surface area contributed by atoms with Crippen molar-refractivity contribution in [1.29, 1.82) is 0 Å². The lowest BCUT2D eigenvalue weighted by Crippen LogP contribution is -2.56. The van der Waals surface area contributed by atoms with E-state index in [0.717, 1.165) is 0 Å². The lowest BCUT2D eigenvalue weighted by Gasteiger charge is -2.43. The zero-order valence-electron chi connectivity index (χ0n) is 4.67. The molecule has 0 aliphatic heterocycles. The van der Waals surface area contributed by atoms with Crippen molar-refractivity contribution in [3.8, 4) is 0 Å². The molecule has 1 aliphatic rings. The van der Waals surface area contributed by atoms with Gasteiger partial charge in [-0.3, -0.25) is 0 Å². The van der Waals surface area contributed by atoms with E-state index in [1.54, 1.807) is 0 Å². The van der Waals surface area contributed by atoms with Crippen molar-refractivity contribution in [3.05, 3.63) is 11.4 Å². The second-order valence-corrected chi connectivity index (χ2v) is 4.63. The highest BCUT2D eigenvalue weighted by molar-refractivity contribution is 6.67. The number of hydrogen-bond acceptors (Lipinski definition) is 2. The van der Waals surface area contributed by atoms with E-state index in [1.807, 2.05) is 0 Å². The minimum Gasteiger partial charge on any atom is -0.398 e. The van der Waals surface area contributed by atoms with Gasteiger partial charge in [-0.05, 0) is 0 Å². The SMILES string of the molecule is NC1=C(N)C(Cl)(Cl)C1(Cl)Cl. The Kier molecular flexibility index (Phi) is 1.72. The molecule has 0 aromatic rings. The average Bonchev–Trinajstić information content (AvgIpc) is 1.84. The molecule has 0 aromatic heterocycles. The van der Waals surface area contributed by atoms with Crippen LogP contribution >= 0.6 is 46.4 Å². The molecule has 10 heavy (non-hydrogen) atoms. The number of hydrogen-bond donors (Lipinski definition) is 2. The number of nitrogens with two attached hydrogens (primary N) is 2. The fourth-order valence-corrected chi connectivity index (χ4v) is 1.43. The van der Waals surface area contributed by atoms with Gasteiger partial charge in [0.2, 0.25) is 0 Å². The molecule has 0 bridgehead atoms. The summed E-state index contributed by atoms with van der Waals surface area (Å²) in [7, 11) is 0. The highest BCUT2D eigenvalue weighted by Gasteiger charge is 2.61. The summed E-state index contributed by atoms with van der Waals surface area (Å²) in [6.07, 6.45) is 0. The van der Waals surface area contributed by atoms with Crippen LogP contribution in [0.4, 0.5) is 0 Å². The van der Waals surface area contributed by atoms with E-state index >= 15 is 0 Å². The van der Waals surface area contributed by atoms with Gasteiger partial charge in [-0.2, -0.15) is 0 Å². The smallest absolute Gasteiger partial charge is 0.197 e. The molecular formula is C4H4Cl4N2. The molecule has 6 heteroatoms. The zero-order chi connectivity index (χ0) is 8.15. The van der Waals surface area contributed by atoms with E-state index in [2.05, 4.69) is 0 Å². The summed E-state index contributed by atoms with van der Waals surface area (Å²) in [6.45, 7) is 0. The first kappa shape index (κ1) is 8.60. The van der Waals surface area contributed by atoms with Crippen molar-refractivity contribution in [1.82, 2.24) is 0 Å². The van der Waals surface area contributed by atoms with Crippen LogP contribution in [-0.2, 0) is 0 Å². The number of alkyl halides is 4. The van der Waals surface area contributed by atoms with Gasteiger partial charge in [0.05, 0.1) is 11.4 Å². The van der Waals surface area contributed by atoms with Gasteiger partial charge in [-0.15, -0.1) is 0 Å². The Morgan fingerprint density at radius 2 is 1.00 bits per heavy atom. The predicted octanol–water partition coefficient (Wildman–Crippen LogP) is 1.48. The van der Waals surface area contributed by atoms with E-state index in [-0.39, 0.29) is 11.4 Å². The summed E-state index contributed by atoms with van der Waals surface area (Å²) in [6, 6.07) is 0. The third-order valence-electron chi connectivity index (χ3n) is 1.36. The summed E-state index contributed by atoms with van der Waals surface area (Å²) in [5.41, 5.74) is 10.8. The van der Waals surface area contributed by atoms with Crippen LogP contribution in [0.1, 0.15) is 0 Å². The molecule has 0 spiro atoms. The first-order valence-corrected chi connectivity index (χ1v) is 3.85. The van der Waals surface area contributed by atoms with Gasteiger partial charge in [-0.25, -0.2) is 0 Å². The molecular weight excluding hydrogens is 218 g/mol. The minimum atomic E-state index is -1.44. The Morgan fingerprint density at radius 1 is 0.800 bits per heavy atom. The lowest BCUT2D eigenvalue weighted by atomic mass is 9.99. The molecule has 0 unspecified atom stereocenters. The van der Waals surface area contributed by atoms with E-state index in [9.17, 15) is 0 Å². The molecule has 58 valence electrons. The van der Waals surface area contributed by atoms with Crippen LogP contribution in [0.15, 0.2) is 11.4 Å². The van der Waals surface area contributed by atoms with E-state index in [4.69, 9.17) is 57.9 Å². The lowest BCUT2D eigenvalue weighted by molar-refractivity contribution is 0.678. The summed E-state index contributed by atoms with van der Waals surface area (Å²) < 4.78 is -2.89.